The van der Waals surface area contributed by atoms with Crippen molar-refractivity contribution in [1.29, 1.82) is 5.41 Å². The van der Waals surface area contributed by atoms with Gasteiger partial charge in [0.2, 0.25) is 0 Å². The summed E-state index contributed by atoms with van der Waals surface area (Å²) < 4.78 is 34.6. The smallest absolute Gasteiger partial charge is 0.180 e. The molecular weight excluding hydrogens is 524 g/mol. The van der Waals surface area contributed by atoms with Gasteiger partial charge in [0.1, 0.15) is 28.9 Å². The van der Waals surface area contributed by atoms with E-state index >= 15 is 0 Å². The molecule has 0 bridgehead atoms. The summed E-state index contributed by atoms with van der Waals surface area (Å²) in [4.78, 5) is 19.5. The first-order valence-electron chi connectivity index (χ1n) is 12.9. The van der Waals surface area contributed by atoms with Gasteiger partial charge < -0.3 is 10.1 Å². The first-order valence-corrected chi connectivity index (χ1v) is 12.9. The number of aryl methyl sites for hydroxylation is 1. The maximum Gasteiger partial charge on any atom is 0.180 e. The maximum absolute atomic E-state index is 14.7. The number of rotatable bonds is 10. The van der Waals surface area contributed by atoms with E-state index in [0.717, 1.165) is 29.1 Å². The Hall–Kier alpha value is -5.25. The minimum atomic E-state index is -0.715. The average molecular weight is 552 g/mol. The molecule has 0 atom stereocenters. The second kappa shape index (κ2) is 12.3. The van der Waals surface area contributed by atoms with Gasteiger partial charge in [-0.25, -0.2) is 18.7 Å². The highest BCUT2D eigenvalue weighted by molar-refractivity contribution is 6.12. The quantitative estimate of drug-likeness (QED) is 0.185. The molecule has 3 aromatic heterocycles. The highest BCUT2D eigenvalue weighted by atomic mass is 19.1. The van der Waals surface area contributed by atoms with E-state index in [4.69, 9.17) is 15.1 Å². The van der Waals surface area contributed by atoms with Crippen molar-refractivity contribution in [3.63, 3.8) is 0 Å². The third-order valence-corrected chi connectivity index (χ3v) is 6.30. The van der Waals surface area contributed by atoms with E-state index in [2.05, 4.69) is 20.3 Å². The zero-order valence-corrected chi connectivity index (χ0v) is 22.5. The standard InChI is InChI=1S/C31H27F2N7O/c1-3-41-23-16-26(32)25(27(33)17-23)19-37-28-7-5-4-6-24(28)29(34)30-38-18-20(2)31(39-30)40(21-8-12-35-13-9-21)22-10-14-36-15-11-22/h4-18,34,37H,3,19H2,1-2H3. The molecule has 0 unspecified atom stereocenters. The summed E-state index contributed by atoms with van der Waals surface area (Å²) in [6.45, 7) is 3.81. The predicted octanol–water partition coefficient (Wildman–Crippen LogP) is 6.75. The molecule has 0 saturated carbocycles. The van der Waals surface area contributed by atoms with Crippen LogP contribution in [0.2, 0.25) is 0 Å². The SMILES string of the molecule is CCOc1cc(F)c(CNc2ccccc2C(=N)c2ncc(C)c(N(c3ccncc3)c3ccncc3)n2)c(F)c1. The Balaban J connectivity index is 1.47. The summed E-state index contributed by atoms with van der Waals surface area (Å²) >= 11 is 0. The van der Waals surface area contributed by atoms with Gasteiger partial charge in [-0.05, 0) is 44.2 Å². The van der Waals surface area contributed by atoms with Gasteiger partial charge in [0.15, 0.2) is 5.82 Å². The van der Waals surface area contributed by atoms with E-state index in [0.29, 0.717) is 23.7 Å². The number of hydrogen-bond donors (Lipinski definition) is 2. The molecule has 0 radical (unpaired) electrons. The largest absolute Gasteiger partial charge is 0.494 e. The fourth-order valence-electron chi connectivity index (χ4n) is 4.32. The number of aromatic nitrogens is 4. The molecule has 206 valence electrons. The Morgan fingerprint density at radius 2 is 1.54 bits per heavy atom. The van der Waals surface area contributed by atoms with E-state index in [1.54, 1.807) is 62.2 Å². The Kier molecular flexibility index (Phi) is 8.19. The van der Waals surface area contributed by atoms with Crippen LogP contribution in [0.4, 0.5) is 31.7 Å². The number of ether oxygens (including phenoxy) is 1. The van der Waals surface area contributed by atoms with Crippen LogP contribution in [0.5, 0.6) is 5.75 Å². The van der Waals surface area contributed by atoms with Gasteiger partial charge in [-0.1, -0.05) is 18.2 Å². The van der Waals surface area contributed by atoms with Gasteiger partial charge in [0.05, 0.1) is 18.0 Å². The molecule has 8 nitrogen and oxygen atoms in total. The zero-order chi connectivity index (χ0) is 28.8. The Labute approximate surface area is 236 Å². The van der Waals surface area contributed by atoms with Gasteiger partial charge in [0, 0.05) is 72.0 Å². The molecule has 3 heterocycles. The Morgan fingerprint density at radius 1 is 0.927 bits per heavy atom. The van der Waals surface area contributed by atoms with E-state index in [-0.39, 0.29) is 29.4 Å². The van der Waals surface area contributed by atoms with Crippen LogP contribution < -0.4 is 15.0 Å². The summed E-state index contributed by atoms with van der Waals surface area (Å²) in [7, 11) is 0. The van der Waals surface area contributed by atoms with Crippen molar-refractivity contribution in [3.05, 3.63) is 126 Å². The number of benzene rings is 2. The van der Waals surface area contributed by atoms with Crippen molar-refractivity contribution in [2.24, 2.45) is 0 Å². The minimum Gasteiger partial charge on any atom is -0.494 e. The summed E-state index contributed by atoms with van der Waals surface area (Å²) in [5.74, 6) is -0.527. The van der Waals surface area contributed by atoms with Crippen LogP contribution in [-0.2, 0) is 6.54 Å². The fraction of sp³-hybridized carbons (Fsp3) is 0.129. The topological polar surface area (TPSA) is 99.9 Å². The maximum atomic E-state index is 14.7. The summed E-state index contributed by atoms with van der Waals surface area (Å²) in [6.07, 6.45) is 8.45. The van der Waals surface area contributed by atoms with Crippen molar-refractivity contribution in [2.45, 2.75) is 20.4 Å². The minimum absolute atomic E-state index is 0.0476. The second-order valence-corrected chi connectivity index (χ2v) is 9.02. The Morgan fingerprint density at radius 3 is 2.15 bits per heavy atom. The fourth-order valence-corrected chi connectivity index (χ4v) is 4.32. The van der Waals surface area contributed by atoms with E-state index in [9.17, 15) is 8.78 Å². The van der Waals surface area contributed by atoms with Crippen molar-refractivity contribution in [3.8, 4) is 5.75 Å². The molecular formula is C31H27F2N7O. The number of nitrogens with one attached hydrogen (secondary N) is 2. The van der Waals surface area contributed by atoms with Crippen LogP contribution in [0.3, 0.4) is 0 Å². The van der Waals surface area contributed by atoms with E-state index < -0.39 is 11.6 Å². The number of pyridine rings is 2. The van der Waals surface area contributed by atoms with Crippen molar-refractivity contribution < 1.29 is 13.5 Å². The molecule has 41 heavy (non-hydrogen) atoms. The lowest BCUT2D eigenvalue weighted by atomic mass is 10.1. The van der Waals surface area contributed by atoms with Gasteiger partial charge in [-0.2, -0.15) is 0 Å². The van der Waals surface area contributed by atoms with Crippen LogP contribution >= 0.6 is 0 Å². The Bertz CT molecular complexity index is 1600. The molecule has 0 fully saturated rings. The molecule has 0 spiro atoms. The van der Waals surface area contributed by atoms with E-state index in [1.165, 1.54) is 0 Å². The zero-order valence-electron chi connectivity index (χ0n) is 22.5. The molecule has 0 aliphatic carbocycles. The van der Waals surface area contributed by atoms with Gasteiger partial charge in [-0.15, -0.1) is 0 Å². The van der Waals surface area contributed by atoms with Crippen molar-refractivity contribution in [1.82, 2.24) is 19.9 Å². The monoisotopic (exact) mass is 551 g/mol. The molecule has 5 rings (SSSR count). The summed E-state index contributed by atoms with van der Waals surface area (Å²) in [5, 5.41) is 12.1. The van der Waals surface area contributed by atoms with Gasteiger partial charge >= 0.3 is 0 Å². The molecule has 0 aliphatic heterocycles. The average Bonchev–Trinajstić information content (AvgIpc) is 2.99. The van der Waals surface area contributed by atoms with Crippen LogP contribution in [0, 0.1) is 24.0 Å². The molecule has 0 amide bonds. The van der Waals surface area contributed by atoms with Gasteiger partial charge in [-0.3, -0.25) is 20.3 Å². The van der Waals surface area contributed by atoms with Gasteiger partial charge in [0.25, 0.3) is 0 Å². The molecule has 2 N–H and O–H groups in total. The summed E-state index contributed by atoms with van der Waals surface area (Å²) in [5.41, 5.74) is 3.35. The third-order valence-electron chi connectivity index (χ3n) is 6.30. The molecule has 5 aromatic rings. The second-order valence-electron chi connectivity index (χ2n) is 9.02. The van der Waals surface area contributed by atoms with Crippen LogP contribution in [0.15, 0.2) is 91.6 Å². The molecule has 0 saturated heterocycles. The van der Waals surface area contributed by atoms with E-state index in [1.807, 2.05) is 36.1 Å². The highest BCUT2D eigenvalue weighted by Gasteiger charge is 2.20. The first kappa shape index (κ1) is 27.3. The number of halogens is 2. The number of anilines is 4. The molecule has 2 aromatic carbocycles. The normalized spacial score (nSPS) is 10.7. The van der Waals surface area contributed by atoms with Crippen molar-refractivity contribution in [2.75, 3.05) is 16.8 Å². The van der Waals surface area contributed by atoms with Crippen LogP contribution in [-0.4, -0.2) is 32.3 Å². The third kappa shape index (κ3) is 6.01. The predicted molar refractivity (Wildman–Crippen MR) is 154 cm³/mol. The number of hydrogen-bond acceptors (Lipinski definition) is 8. The number of para-hydroxylation sites is 1. The first-order chi connectivity index (χ1) is 20.0. The molecule has 0 aliphatic rings. The van der Waals surface area contributed by atoms with Crippen molar-refractivity contribution >= 4 is 28.6 Å². The lowest BCUT2D eigenvalue weighted by Crippen LogP contribution is -2.17. The lowest BCUT2D eigenvalue weighted by molar-refractivity contribution is 0.335. The summed E-state index contributed by atoms with van der Waals surface area (Å²) in [6, 6.07) is 16.8. The van der Waals surface area contributed by atoms with Crippen LogP contribution in [0.1, 0.15) is 29.4 Å². The number of nitrogens with zero attached hydrogens (tertiary/aromatic N) is 5. The highest BCUT2D eigenvalue weighted by Crippen LogP contribution is 2.34. The molecule has 10 heteroatoms. The lowest BCUT2D eigenvalue weighted by Gasteiger charge is -2.25. The van der Waals surface area contributed by atoms with Crippen LogP contribution in [0.25, 0.3) is 0 Å².